The summed E-state index contributed by atoms with van der Waals surface area (Å²) in [5.74, 6) is 0.835. The van der Waals surface area contributed by atoms with Gasteiger partial charge >= 0.3 is 0 Å². The fraction of sp³-hybridized carbons (Fsp3) is 0.769. The molecule has 3 heteroatoms. The molecule has 16 heavy (non-hydrogen) atoms. The monoisotopic (exact) mass is 240 g/mol. The second kappa shape index (κ2) is 7.80. The van der Waals surface area contributed by atoms with Crippen LogP contribution in [0.25, 0.3) is 0 Å². The zero-order chi connectivity index (χ0) is 11.8. The first-order valence-electron chi connectivity index (χ1n) is 6.44. The average Bonchev–Trinajstić information content (AvgIpc) is 2.77. The van der Waals surface area contributed by atoms with E-state index < -0.39 is 0 Å². The Bertz CT molecular complexity index is 279. The standard InChI is InChI=1S/C13H24N2S/c1-4-11(5-2)9-14-8-7-12-10-16-13(6-3)15-12/h10-11,14H,4-9H2,1-3H3. The quantitative estimate of drug-likeness (QED) is 0.705. The van der Waals surface area contributed by atoms with Crippen molar-refractivity contribution in [1.29, 1.82) is 0 Å². The summed E-state index contributed by atoms with van der Waals surface area (Å²) in [7, 11) is 0. The van der Waals surface area contributed by atoms with Crippen molar-refractivity contribution >= 4 is 11.3 Å². The topological polar surface area (TPSA) is 24.9 Å². The molecule has 0 aromatic carbocycles. The third-order valence-electron chi connectivity index (χ3n) is 3.05. The lowest BCUT2D eigenvalue weighted by atomic mass is 10.0. The molecule has 1 aromatic heterocycles. The predicted molar refractivity (Wildman–Crippen MR) is 72.1 cm³/mol. The van der Waals surface area contributed by atoms with Gasteiger partial charge in [-0.25, -0.2) is 4.98 Å². The molecule has 0 saturated carbocycles. The molecule has 0 radical (unpaired) electrons. The highest BCUT2D eigenvalue weighted by atomic mass is 32.1. The fourth-order valence-electron chi connectivity index (χ4n) is 1.73. The van der Waals surface area contributed by atoms with Gasteiger partial charge in [-0.3, -0.25) is 0 Å². The van der Waals surface area contributed by atoms with E-state index >= 15 is 0 Å². The van der Waals surface area contributed by atoms with Crippen molar-refractivity contribution < 1.29 is 0 Å². The Labute approximate surface area is 103 Å². The van der Waals surface area contributed by atoms with Crippen molar-refractivity contribution in [3.63, 3.8) is 0 Å². The predicted octanol–water partition coefficient (Wildman–Crippen LogP) is 3.27. The molecule has 0 aliphatic rings. The maximum absolute atomic E-state index is 4.56. The zero-order valence-corrected chi connectivity index (χ0v) is 11.6. The van der Waals surface area contributed by atoms with Gasteiger partial charge in [-0.1, -0.05) is 33.6 Å². The molecule has 92 valence electrons. The van der Waals surface area contributed by atoms with Crippen LogP contribution in [-0.4, -0.2) is 18.1 Å². The molecule has 0 unspecified atom stereocenters. The summed E-state index contributed by atoms with van der Waals surface area (Å²) in [5.41, 5.74) is 1.25. The van der Waals surface area contributed by atoms with E-state index in [4.69, 9.17) is 0 Å². The first kappa shape index (κ1) is 13.7. The second-order valence-electron chi connectivity index (χ2n) is 4.22. The molecule has 2 nitrogen and oxygen atoms in total. The summed E-state index contributed by atoms with van der Waals surface area (Å²) in [6, 6.07) is 0. The molecule has 0 fully saturated rings. The summed E-state index contributed by atoms with van der Waals surface area (Å²) in [6.45, 7) is 8.91. The molecular weight excluding hydrogens is 216 g/mol. The summed E-state index contributed by atoms with van der Waals surface area (Å²) < 4.78 is 0. The lowest BCUT2D eigenvalue weighted by Gasteiger charge is -2.12. The summed E-state index contributed by atoms with van der Waals surface area (Å²) in [4.78, 5) is 4.56. The van der Waals surface area contributed by atoms with Crippen LogP contribution >= 0.6 is 11.3 Å². The Hall–Kier alpha value is -0.410. The smallest absolute Gasteiger partial charge is 0.0925 e. The number of nitrogens with zero attached hydrogens (tertiary/aromatic N) is 1. The van der Waals surface area contributed by atoms with E-state index in [0.717, 1.165) is 31.8 Å². The van der Waals surface area contributed by atoms with Crippen molar-refractivity contribution in [2.75, 3.05) is 13.1 Å². The van der Waals surface area contributed by atoms with E-state index in [-0.39, 0.29) is 0 Å². The molecule has 0 aliphatic heterocycles. The molecule has 1 N–H and O–H groups in total. The van der Waals surface area contributed by atoms with Crippen molar-refractivity contribution in [3.05, 3.63) is 16.1 Å². The molecule has 0 spiro atoms. The minimum absolute atomic E-state index is 0.835. The van der Waals surface area contributed by atoms with Crippen LogP contribution in [0, 0.1) is 5.92 Å². The highest BCUT2D eigenvalue weighted by molar-refractivity contribution is 7.09. The van der Waals surface area contributed by atoms with Gasteiger partial charge in [-0.2, -0.15) is 0 Å². The highest BCUT2D eigenvalue weighted by Gasteiger charge is 2.03. The number of hydrogen-bond acceptors (Lipinski definition) is 3. The average molecular weight is 240 g/mol. The summed E-state index contributed by atoms with van der Waals surface area (Å²) in [6.07, 6.45) is 4.68. The van der Waals surface area contributed by atoms with Crippen LogP contribution in [0.15, 0.2) is 5.38 Å². The lowest BCUT2D eigenvalue weighted by Crippen LogP contribution is -2.24. The minimum Gasteiger partial charge on any atom is -0.316 e. The Morgan fingerprint density at radius 3 is 2.62 bits per heavy atom. The maximum atomic E-state index is 4.56. The molecule has 0 saturated heterocycles. The number of hydrogen-bond donors (Lipinski definition) is 1. The summed E-state index contributed by atoms with van der Waals surface area (Å²) >= 11 is 1.78. The van der Waals surface area contributed by atoms with E-state index in [2.05, 4.69) is 36.5 Å². The molecule has 1 rings (SSSR count). The SMILES string of the molecule is CCc1nc(CCNCC(CC)CC)cs1. The first-order valence-corrected chi connectivity index (χ1v) is 7.32. The van der Waals surface area contributed by atoms with Gasteiger partial charge in [-0.05, 0) is 18.9 Å². The minimum atomic E-state index is 0.835. The largest absolute Gasteiger partial charge is 0.316 e. The van der Waals surface area contributed by atoms with Crippen LogP contribution in [0.3, 0.4) is 0 Å². The third-order valence-corrected chi connectivity index (χ3v) is 4.09. The Morgan fingerprint density at radius 1 is 1.31 bits per heavy atom. The van der Waals surface area contributed by atoms with E-state index in [1.165, 1.54) is 23.5 Å². The highest BCUT2D eigenvalue weighted by Crippen LogP contribution is 2.10. The Balaban J connectivity index is 2.15. The number of thiazole rings is 1. The van der Waals surface area contributed by atoms with Crippen LogP contribution in [0.2, 0.25) is 0 Å². The lowest BCUT2D eigenvalue weighted by molar-refractivity contribution is 0.451. The number of rotatable bonds is 8. The van der Waals surface area contributed by atoms with Crippen molar-refractivity contribution in [2.24, 2.45) is 5.92 Å². The van der Waals surface area contributed by atoms with Gasteiger partial charge in [-0.15, -0.1) is 11.3 Å². The summed E-state index contributed by atoms with van der Waals surface area (Å²) in [5, 5.41) is 6.98. The van der Waals surface area contributed by atoms with Gasteiger partial charge in [0.1, 0.15) is 0 Å². The van der Waals surface area contributed by atoms with Crippen LogP contribution in [0.5, 0.6) is 0 Å². The van der Waals surface area contributed by atoms with Gasteiger partial charge in [0.25, 0.3) is 0 Å². The molecule has 0 atom stereocenters. The van der Waals surface area contributed by atoms with Crippen molar-refractivity contribution in [2.45, 2.75) is 46.5 Å². The normalized spacial score (nSPS) is 11.2. The van der Waals surface area contributed by atoms with Crippen LogP contribution < -0.4 is 5.32 Å². The Morgan fingerprint density at radius 2 is 2.06 bits per heavy atom. The van der Waals surface area contributed by atoms with Crippen LogP contribution in [0.4, 0.5) is 0 Å². The molecule has 0 aliphatic carbocycles. The van der Waals surface area contributed by atoms with Gasteiger partial charge in [0.2, 0.25) is 0 Å². The van der Waals surface area contributed by atoms with Gasteiger partial charge in [0.15, 0.2) is 0 Å². The zero-order valence-electron chi connectivity index (χ0n) is 10.8. The molecule has 1 heterocycles. The third kappa shape index (κ3) is 4.62. The van der Waals surface area contributed by atoms with Gasteiger partial charge in [0.05, 0.1) is 10.7 Å². The number of aryl methyl sites for hydroxylation is 1. The van der Waals surface area contributed by atoms with Gasteiger partial charge in [0, 0.05) is 18.3 Å². The molecule has 1 aromatic rings. The fourth-order valence-corrected chi connectivity index (χ4v) is 2.51. The Kier molecular flexibility index (Phi) is 6.65. The number of nitrogens with one attached hydrogen (secondary N) is 1. The molecule has 0 amide bonds. The maximum Gasteiger partial charge on any atom is 0.0925 e. The van der Waals surface area contributed by atoms with Crippen molar-refractivity contribution in [1.82, 2.24) is 10.3 Å². The second-order valence-corrected chi connectivity index (χ2v) is 5.17. The van der Waals surface area contributed by atoms with E-state index in [1.54, 1.807) is 11.3 Å². The molecule has 0 bridgehead atoms. The van der Waals surface area contributed by atoms with Crippen LogP contribution in [0.1, 0.15) is 44.3 Å². The van der Waals surface area contributed by atoms with E-state index in [1.807, 2.05) is 0 Å². The van der Waals surface area contributed by atoms with Crippen LogP contribution in [-0.2, 0) is 12.8 Å². The van der Waals surface area contributed by atoms with E-state index in [9.17, 15) is 0 Å². The number of aromatic nitrogens is 1. The van der Waals surface area contributed by atoms with E-state index in [0.29, 0.717) is 0 Å². The molecular formula is C13H24N2S. The van der Waals surface area contributed by atoms with Gasteiger partial charge < -0.3 is 5.32 Å². The van der Waals surface area contributed by atoms with Crippen molar-refractivity contribution in [3.8, 4) is 0 Å². The first-order chi connectivity index (χ1) is 7.80.